The molecular formula is C15H21BrN2. The monoisotopic (exact) mass is 308 g/mol. The van der Waals surface area contributed by atoms with Gasteiger partial charge in [0.2, 0.25) is 0 Å². The molecule has 3 heteroatoms. The van der Waals surface area contributed by atoms with Gasteiger partial charge in [0, 0.05) is 34.8 Å². The molecule has 1 aliphatic heterocycles. The Hall–Kier alpha value is -0.540. The lowest BCUT2D eigenvalue weighted by Crippen LogP contribution is -2.31. The molecule has 2 fully saturated rings. The van der Waals surface area contributed by atoms with Crippen LogP contribution in [0.1, 0.15) is 31.7 Å². The van der Waals surface area contributed by atoms with Gasteiger partial charge in [-0.2, -0.15) is 0 Å². The zero-order chi connectivity index (χ0) is 12.7. The minimum Gasteiger partial charge on any atom is -0.381 e. The first-order valence-corrected chi connectivity index (χ1v) is 7.71. The molecule has 1 aromatic rings. The van der Waals surface area contributed by atoms with Gasteiger partial charge in [0.1, 0.15) is 0 Å². The Morgan fingerprint density at radius 3 is 2.83 bits per heavy atom. The normalized spacial score (nSPS) is 28.6. The molecule has 0 spiro atoms. The molecule has 18 heavy (non-hydrogen) atoms. The molecule has 0 aromatic heterocycles. The van der Waals surface area contributed by atoms with Gasteiger partial charge < -0.3 is 5.32 Å². The molecule has 1 aliphatic carbocycles. The molecule has 0 radical (unpaired) electrons. The van der Waals surface area contributed by atoms with Crippen LogP contribution in [0.4, 0.5) is 5.69 Å². The highest BCUT2D eigenvalue weighted by molar-refractivity contribution is 9.10. The lowest BCUT2D eigenvalue weighted by Gasteiger charge is -2.20. The molecule has 0 bridgehead atoms. The summed E-state index contributed by atoms with van der Waals surface area (Å²) in [6.07, 6.45) is 4.09. The minimum atomic E-state index is 0.605. The highest BCUT2D eigenvalue weighted by atomic mass is 79.9. The summed E-state index contributed by atoms with van der Waals surface area (Å²) < 4.78 is 1.15. The minimum absolute atomic E-state index is 0.605. The molecule has 1 saturated carbocycles. The molecular weight excluding hydrogens is 288 g/mol. The maximum atomic E-state index is 3.72. The Kier molecular flexibility index (Phi) is 3.37. The van der Waals surface area contributed by atoms with Crippen LogP contribution in [0.2, 0.25) is 0 Å². The van der Waals surface area contributed by atoms with Crippen molar-refractivity contribution in [2.24, 2.45) is 0 Å². The highest BCUT2D eigenvalue weighted by Crippen LogP contribution is 2.34. The van der Waals surface area contributed by atoms with E-state index in [2.05, 4.69) is 58.2 Å². The number of benzene rings is 1. The van der Waals surface area contributed by atoms with Crippen LogP contribution in [0.3, 0.4) is 0 Å². The van der Waals surface area contributed by atoms with Crippen LogP contribution in [0, 0.1) is 6.92 Å². The number of hydrogen-bond donors (Lipinski definition) is 1. The molecule has 3 rings (SSSR count). The van der Waals surface area contributed by atoms with Gasteiger partial charge in [0.25, 0.3) is 0 Å². The zero-order valence-electron chi connectivity index (χ0n) is 11.1. The van der Waals surface area contributed by atoms with Crippen LogP contribution in [-0.2, 0) is 0 Å². The van der Waals surface area contributed by atoms with E-state index >= 15 is 0 Å². The van der Waals surface area contributed by atoms with Gasteiger partial charge in [0.05, 0.1) is 0 Å². The summed E-state index contributed by atoms with van der Waals surface area (Å²) in [5, 5.41) is 3.72. The van der Waals surface area contributed by atoms with Gasteiger partial charge in [-0.05, 0) is 50.8 Å². The van der Waals surface area contributed by atoms with Crippen LogP contribution < -0.4 is 5.32 Å². The van der Waals surface area contributed by atoms with E-state index in [1.165, 1.54) is 37.1 Å². The average molecular weight is 309 g/mol. The molecule has 1 heterocycles. The maximum Gasteiger partial charge on any atom is 0.0403 e. The standard InChI is InChI=1S/C15H21BrN2/c1-10-3-4-12(16)8-15(10)17-13-7-11(2)18(9-13)14-5-6-14/h3-4,8,11,13-14,17H,5-7,9H2,1-2H3. The predicted molar refractivity (Wildman–Crippen MR) is 80.1 cm³/mol. The summed E-state index contributed by atoms with van der Waals surface area (Å²) >= 11 is 3.55. The summed E-state index contributed by atoms with van der Waals surface area (Å²) in [6, 6.07) is 8.70. The second-order valence-electron chi connectivity index (χ2n) is 5.81. The molecule has 98 valence electrons. The molecule has 2 unspecified atom stereocenters. The van der Waals surface area contributed by atoms with Gasteiger partial charge in [-0.25, -0.2) is 0 Å². The van der Waals surface area contributed by atoms with Crippen molar-refractivity contribution < 1.29 is 0 Å². The first-order chi connectivity index (χ1) is 8.63. The number of nitrogens with zero attached hydrogens (tertiary/aromatic N) is 1. The number of hydrogen-bond acceptors (Lipinski definition) is 2. The summed E-state index contributed by atoms with van der Waals surface area (Å²) in [5.74, 6) is 0. The van der Waals surface area contributed by atoms with Crippen molar-refractivity contribution in [3.8, 4) is 0 Å². The topological polar surface area (TPSA) is 15.3 Å². The maximum absolute atomic E-state index is 3.72. The third-order valence-electron chi connectivity index (χ3n) is 4.20. The molecule has 1 aromatic carbocycles. The number of likely N-dealkylation sites (tertiary alicyclic amines) is 1. The van der Waals surface area contributed by atoms with E-state index < -0.39 is 0 Å². The van der Waals surface area contributed by atoms with E-state index in [1.54, 1.807) is 0 Å². The fraction of sp³-hybridized carbons (Fsp3) is 0.600. The smallest absolute Gasteiger partial charge is 0.0403 e. The van der Waals surface area contributed by atoms with Crippen molar-refractivity contribution in [3.05, 3.63) is 28.2 Å². The van der Waals surface area contributed by atoms with Crippen molar-refractivity contribution in [2.75, 3.05) is 11.9 Å². The third-order valence-corrected chi connectivity index (χ3v) is 4.69. The van der Waals surface area contributed by atoms with Crippen LogP contribution in [0.15, 0.2) is 22.7 Å². The lowest BCUT2D eigenvalue weighted by atomic mass is 10.1. The summed E-state index contributed by atoms with van der Waals surface area (Å²) in [5.41, 5.74) is 2.61. The van der Waals surface area contributed by atoms with E-state index in [-0.39, 0.29) is 0 Å². The number of aryl methyl sites for hydroxylation is 1. The van der Waals surface area contributed by atoms with Crippen LogP contribution in [0.25, 0.3) is 0 Å². The van der Waals surface area contributed by atoms with Crippen molar-refractivity contribution in [1.29, 1.82) is 0 Å². The Morgan fingerprint density at radius 2 is 2.11 bits per heavy atom. The zero-order valence-corrected chi connectivity index (χ0v) is 12.7. The van der Waals surface area contributed by atoms with Crippen molar-refractivity contribution in [2.45, 2.75) is 51.2 Å². The number of rotatable bonds is 3. The number of nitrogens with one attached hydrogen (secondary N) is 1. The van der Waals surface area contributed by atoms with Gasteiger partial charge in [0.15, 0.2) is 0 Å². The summed E-state index contributed by atoms with van der Waals surface area (Å²) in [6.45, 7) is 5.75. The van der Waals surface area contributed by atoms with E-state index in [9.17, 15) is 0 Å². The van der Waals surface area contributed by atoms with Crippen molar-refractivity contribution in [3.63, 3.8) is 0 Å². The summed E-state index contributed by atoms with van der Waals surface area (Å²) in [7, 11) is 0. The van der Waals surface area contributed by atoms with E-state index in [0.717, 1.165) is 16.6 Å². The van der Waals surface area contributed by atoms with Gasteiger partial charge >= 0.3 is 0 Å². The van der Waals surface area contributed by atoms with Gasteiger partial charge in [-0.3, -0.25) is 4.90 Å². The van der Waals surface area contributed by atoms with Crippen molar-refractivity contribution in [1.82, 2.24) is 4.90 Å². The first kappa shape index (κ1) is 12.5. The molecule has 1 saturated heterocycles. The van der Waals surface area contributed by atoms with Gasteiger partial charge in [-0.15, -0.1) is 0 Å². The number of anilines is 1. The Labute approximate surface area is 118 Å². The van der Waals surface area contributed by atoms with E-state index in [0.29, 0.717) is 6.04 Å². The second kappa shape index (κ2) is 4.86. The first-order valence-electron chi connectivity index (χ1n) is 6.92. The largest absolute Gasteiger partial charge is 0.381 e. The molecule has 0 amide bonds. The molecule has 2 aliphatic rings. The fourth-order valence-electron chi connectivity index (χ4n) is 3.05. The molecule has 2 nitrogen and oxygen atoms in total. The van der Waals surface area contributed by atoms with E-state index in [4.69, 9.17) is 0 Å². The Bertz CT molecular complexity index is 442. The van der Waals surface area contributed by atoms with Crippen LogP contribution in [0.5, 0.6) is 0 Å². The van der Waals surface area contributed by atoms with Crippen LogP contribution >= 0.6 is 15.9 Å². The van der Waals surface area contributed by atoms with E-state index in [1.807, 2.05) is 0 Å². The van der Waals surface area contributed by atoms with Gasteiger partial charge in [-0.1, -0.05) is 22.0 Å². The summed E-state index contributed by atoms with van der Waals surface area (Å²) in [4.78, 5) is 2.69. The van der Waals surface area contributed by atoms with Crippen LogP contribution in [-0.4, -0.2) is 29.6 Å². The Balaban J connectivity index is 1.68. The fourth-order valence-corrected chi connectivity index (χ4v) is 3.41. The third kappa shape index (κ3) is 2.57. The predicted octanol–water partition coefficient (Wildman–Crippen LogP) is 3.79. The highest BCUT2D eigenvalue weighted by Gasteiger charge is 2.38. The molecule has 1 N–H and O–H groups in total. The SMILES string of the molecule is Cc1ccc(Br)cc1NC1CC(C)N(C2CC2)C1. The quantitative estimate of drug-likeness (QED) is 0.914. The number of halogens is 1. The average Bonchev–Trinajstić information content (AvgIpc) is 3.09. The van der Waals surface area contributed by atoms with Crippen molar-refractivity contribution >= 4 is 21.6 Å². The lowest BCUT2D eigenvalue weighted by molar-refractivity contribution is 0.257. The second-order valence-corrected chi connectivity index (χ2v) is 6.73. The Morgan fingerprint density at radius 1 is 1.33 bits per heavy atom. The molecule has 2 atom stereocenters.